The number of methoxy groups -OCH3 is 1. The van der Waals surface area contributed by atoms with Gasteiger partial charge in [-0.2, -0.15) is 4.98 Å². The van der Waals surface area contributed by atoms with Crippen molar-refractivity contribution in [2.75, 3.05) is 30.8 Å². The molecule has 0 aliphatic carbocycles. The van der Waals surface area contributed by atoms with Crippen LogP contribution >= 0.6 is 23.2 Å². The van der Waals surface area contributed by atoms with E-state index in [1.54, 1.807) is 25.4 Å². The van der Waals surface area contributed by atoms with Crippen molar-refractivity contribution in [2.45, 2.75) is 19.4 Å². The van der Waals surface area contributed by atoms with Crippen molar-refractivity contribution in [2.24, 2.45) is 5.92 Å². The lowest BCUT2D eigenvalue weighted by atomic mass is 9.96. The highest BCUT2D eigenvalue weighted by Gasteiger charge is 2.26. The molecule has 2 heterocycles. The van der Waals surface area contributed by atoms with E-state index in [4.69, 9.17) is 33.7 Å². The standard InChI is InChI=1S/C24H25Cl2N5O2/c1-33-19-6-3-15(4-7-19)20-14-29-24(30-22(20)27)31-10-8-16(9-11-31)23(32)28-13-17-2-5-18(25)12-21(17)26/h2-7,12,14,16H,8-11,13H2,1H3,(H,28,32)(H2,27,29,30). The van der Waals surface area contributed by atoms with Gasteiger partial charge >= 0.3 is 0 Å². The third-order valence-corrected chi connectivity index (χ3v) is 6.41. The third-order valence-electron chi connectivity index (χ3n) is 5.82. The number of nitrogens with zero attached hydrogens (tertiary/aromatic N) is 3. The maximum absolute atomic E-state index is 12.6. The van der Waals surface area contributed by atoms with Gasteiger partial charge in [0, 0.05) is 47.4 Å². The molecule has 3 aromatic rings. The number of hydrogen-bond acceptors (Lipinski definition) is 6. The Morgan fingerprint density at radius 3 is 2.55 bits per heavy atom. The third kappa shape index (κ3) is 5.49. The number of benzene rings is 2. The van der Waals surface area contributed by atoms with Gasteiger partial charge in [-0.05, 0) is 48.2 Å². The van der Waals surface area contributed by atoms with Crippen LogP contribution in [-0.4, -0.2) is 36.1 Å². The second kappa shape index (κ2) is 10.3. The summed E-state index contributed by atoms with van der Waals surface area (Å²) in [6, 6.07) is 12.9. The van der Waals surface area contributed by atoms with Crippen molar-refractivity contribution in [1.29, 1.82) is 0 Å². The predicted octanol–water partition coefficient (Wildman–Crippen LogP) is 4.57. The molecule has 4 rings (SSSR count). The number of hydrogen-bond donors (Lipinski definition) is 2. The van der Waals surface area contributed by atoms with Crippen LogP contribution in [0.3, 0.4) is 0 Å². The molecule has 0 bridgehead atoms. The number of nitrogens with one attached hydrogen (secondary N) is 1. The van der Waals surface area contributed by atoms with Gasteiger partial charge in [0.2, 0.25) is 11.9 Å². The summed E-state index contributed by atoms with van der Waals surface area (Å²) in [5.41, 5.74) is 8.77. The van der Waals surface area contributed by atoms with Gasteiger partial charge < -0.3 is 20.7 Å². The van der Waals surface area contributed by atoms with Crippen LogP contribution in [0.5, 0.6) is 5.75 Å². The van der Waals surface area contributed by atoms with Crippen LogP contribution in [0.2, 0.25) is 10.0 Å². The normalized spacial score (nSPS) is 14.2. The minimum atomic E-state index is -0.0664. The second-order valence-corrected chi connectivity index (χ2v) is 8.76. The van der Waals surface area contributed by atoms with Gasteiger partial charge in [-0.3, -0.25) is 4.79 Å². The van der Waals surface area contributed by atoms with Gasteiger partial charge in [0.1, 0.15) is 11.6 Å². The Labute approximate surface area is 202 Å². The topological polar surface area (TPSA) is 93.4 Å². The average molecular weight is 486 g/mol. The van der Waals surface area contributed by atoms with Crippen LogP contribution in [0.1, 0.15) is 18.4 Å². The highest BCUT2D eigenvalue weighted by Crippen LogP contribution is 2.28. The van der Waals surface area contributed by atoms with Crippen molar-refractivity contribution in [3.63, 3.8) is 0 Å². The summed E-state index contributed by atoms with van der Waals surface area (Å²) < 4.78 is 5.20. The van der Waals surface area contributed by atoms with E-state index in [2.05, 4.69) is 20.2 Å². The van der Waals surface area contributed by atoms with Gasteiger partial charge in [0.25, 0.3) is 0 Å². The van der Waals surface area contributed by atoms with Gasteiger partial charge in [0.15, 0.2) is 0 Å². The van der Waals surface area contributed by atoms with Crippen LogP contribution in [0.4, 0.5) is 11.8 Å². The minimum Gasteiger partial charge on any atom is -0.497 e. The highest BCUT2D eigenvalue weighted by atomic mass is 35.5. The Morgan fingerprint density at radius 1 is 1.18 bits per heavy atom. The van der Waals surface area contributed by atoms with Crippen molar-refractivity contribution in [3.8, 4) is 16.9 Å². The first kappa shape index (κ1) is 23.1. The Kier molecular flexibility index (Phi) is 7.20. The van der Waals surface area contributed by atoms with Crippen molar-refractivity contribution < 1.29 is 9.53 Å². The number of piperidine rings is 1. The fourth-order valence-corrected chi connectivity index (χ4v) is 4.34. The SMILES string of the molecule is COc1ccc(-c2cnc(N3CCC(C(=O)NCc4ccc(Cl)cc4Cl)CC3)nc2N)cc1. The first-order valence-electron chi connectivity index (χ1n) is 10.7. The number of carbonyl (C=O) groups excluding carboxylic acids is 1. The number of ether oxygens (including phenoxy) is 1. The summed E-state index contributed by atoms with van der Waals surface area (Å²) in [5.74, 6) is 1.73. The van der Waals surface area contributed by atoms with Crippen LogP contribution in [0.25, 0.3) is 11.1 Å². The number of nitrogens with two attached hydrogens (primary N) is 1. The smallest absolute Gasteiger partial charge is 0.227 e. The molecule has 9 heteroatoms. The Balaban J connectivity index is 1.33. The first-order valence-corrected chi connectivity index (χ1v) is 11.4. The molecule has 1 aliphatic rings. The summed E-state index contributed by atoms with van der Waals surface area (Å²) in [6.07, 6.45) is 3.17. The van der Waals surface area contributed by atoms with Gasteiger partial charge in [-0.1, -0.05) is 41.4 Å². The number of amides is 1. The van der Waals surface area contributed by atoms with E-state index in [1.807, 2.05) is 30.3 Å². The van der Waals surface area contributed by atoms with E-state index in [1.165, 1.54) is 0 Å². The molecule has 0 spiro atoms. The van der Waals surface area contributed by atoms with Crippen LogP contribution < -0.4 is 20.7 Å². The number of aromatic nitrogens is 2. The average Bonchev–Trinajstić information content (AvgIpc) is 2.83. The molecule has 2 aromatic carbocycles. The van der Waals surface area contributed by atoms with Crippen molar-refractivity contribution in [3.05, 3.63) is 64.3 Å². The minimum absolute atomic E-state index is 0.0240. The lowest BCUT2D eigenvalue weighted by Crippen LogP contribution is -2.41. The van der Waals surface area contributed by atoms with Crippen LogP contribution in [0, 0.1) is 5.92 Å². The fourth-order valence-electron chi connectivity index (χ4n) is 3.86. The monoisotopic (exact) mass is 485 g/mol. The van der Waals surface area contributed by atoms with Gasteiger partial charge in [-0.25, -0.2) is 4.98 Å². The van der Waals surface area contributed by atoms with E-state index in [-0.39, 0.29) is 11.8 Å². The van der Waals surface area contributed by atoms with E-state index < -0.39 is 0 Å². The lowest BCUT2D eigenvalue weighted by Gasteiger charge is -2.31. The van der Waals surface area contributed by atoms with Crippen molar-refractivity contribution >= 4 is 40.9 Å². The lowest BCUT2D eigenvalue weighted by molar-refractivity contribution is -0.125. The quantitative estimate of drug-likeness (QED) is 0.530. The molecule has 33 heavy (non-hydrogen) atoms. The Bertz CT molecular complexity index is 1130. The molecule has 1 aromatic heterocycles. The zero-order valence-electron chi connectivity index (χ0n) is 18.2. The van der Waals surface area contributed by atoms with Crippen molar-refractivity contribution in [1.82, 2.24) is 15.3 Å². The largest absolute Gasteiger partial charge is 0.497 e. The van der Waals surface area contributed by atoms with Crippen LogP contribution in [-0.2, 0) is 11.3 Å². The molecule has 1 aliphatic heterocycles. The van der Waals surface area contributed by atoms with Gasteiger partial charge in [-0.15, -0.1) is 0 Å². The molecule has 7 nitrogen and oxygen atoms in total. The number of rotatable bonds is 6. The Hall–Kier alpha value is -3.03. The maximum Gasteiger partial charge on any atom is 0.227 e. The molecule has 0 unspecified atom stereocenters. The summed E-state index contributed by atoms with van der Waals surface area (Å²) in [6.45, 7) is 1.74. The zero-order chi connectivity index (χ0) is 23.4. The fraction of sp³-hybridized carbons (Fsp3) is 0.292. The van der Waals surface area contributed by atoms with E-state index in [9.17, 15) is 4.79 Å². The molecule has 1 fully saturated rings. The highest BCUT2D eigenvalue weighted by molar-refractivity contribution is 6.35. The molecule has 0 radical (unpaired) electrons. The molecule has 3 N–H and O–H groups in total. The number of carbonyl (C=O) groups is 1. The molecular weight excluding hydrogens is 461 g/mol. The number of nitrogen functional groups attached to an aromatic ring is 1. The number of anilines is 2. The molecule has 1 amide bonds. The number of halogens is 2. The van der Waals surface area contributed by atoms with Crippen LogP contribution in [0.15, 0.2) is 48.7 Å². The predicted molar refractivity (Wildman–Crippen MR) is 132 cm³/mol. The second-order valence-electron chi connectivity index (χ2n) is 7.91. The molecule has 0 saturated carbocycles. The summed E-state index contributed by atoms with van der Waals surface area (Å²) in [5, 5.41) is 4.10. The molecule has 0 atom stereocenters. The van der Waals surface area contributed by atoms with Gasteiger partial charge in [0.05, 0.1) is 7.11 Å². The zero-order valence-corrected chi connectivity index (χ0v) is 19.7. The van der Waals surface area contributed by atoms with E-state index in [0.717, 1.165) is 22.4 Å². The Morgan fingerprint density at radius 2 is 1.91 bits per heavy atom. The maximum atomic E-state index is 12.6. The summed E-state index contributed by atoms with van der Waals surface area (Å²) in [4.78, 5) is 23.7. The van der Waals surface area contributed by atoms with E-state index in [0.29, 0.717) is 54.3 Å². The molecular formula is C24H25Cl2N5O2. The summed E-state index contributed by atoms with van der Waals surface area (Å²) in [7, 11) is 1.63. The molecule has 1 saturated heterocycles. The van der Waals surface area contributed by atoms with E-state index >= 15 is 0 Å². The molecule has 172 valence electrons. The first-order chi connectivity index (χ1) is 15.9. The summed E-state index contributed by atoms with van der Waals surface area (Å²) >= 11 is 12.1.